The van der Waals surface area contributed by atoms with Crippen LogP contribution in [0.5, 0.6) is 0 Å². The molecular weight excluding hydrogens is 203 g/mol. The molecule has 14 heavy (non-hydrogen) atoms. The third-order valence-electron chi connectivity index (χ3n) is 2.53. The first kappa shape index (κ1) is 9.88. The second-order valence-corrected chi connectivity index (χ2v) is 4.41. The summed E-state index contributed by atoms with van der Waals surface area (Å²) >= 11 is -1.91. The molecule has 0 fully saturated rings. The van der Waals surface area contributed by atoms with Crippen molar-refractivity contribution in [2.45, 2.75) is 0 Å². The van der Waals surface area contributed by atoms with Crippen molar-refractivity contribution in [3.63, 3.8) is 0 Å². The van der Waals surface area contributed by atoms with E-state index in [-0.39, 0.29) is 0 Å². The highest BCUT2D eigenvalue weighted by Crippen LogP contribution is 2.25. The summed E-state index contributed by atoms with van der Waals surface area (Å²) < 4.78 is 21.0. The molecule has 1 atom stereocenters. The normalized spacial score (nSPS) is 24.2. The molecular formula is C7H9BN2O3S. The van der Waals surface area contributed by atoms with E-state index in [0.717, 1.165) is 11.1 Å². The quantitative estimate of drug-likeness (QED) is 0.356. The Morgan fingerprint density at radius 3 is 2.14 bits per heavy atom. The van der Waals surface area contributed by atoms with Crippen LogP contribution in [-0.2, 0) is 11.3 Å². The molecule has 0 spiro atoms. The van der Waals surface area contributed by atoms with E-state index in [1.165, 1.54) is 9.21 Å². The molecule has 0 aromatic rings. The second kappa shape index (κ2) is 3.49. The van der Waals surface area contributed by atoms with Crippen LogP contribution < -0.4 is 0 Å². The van der Waals surface area contributed by atoms with Gasteiger partial charge in [0.1, 0.15) is 0 Å². The Morgan fingerprint density at radius 2 is 1.79 bits per heavy atom. The number of rotatable bonds is 1. The van der Waals surface area contributed by atoms with Crippen LogP contribution >= 0.6 is 0 Å². The van der Waals surface area contributed by atoms with E-state index in [2.05, 4.69) is 0 Å². The summed E-state index contributed by atoms with van der Waals surface area (Å²) in [6.45, 7) is 1.92. The molecule has 0 bridgehead atoms. The second-order valence-electron chi connectivity index (χ2n) is 3.43. The Labute approximate surface area is 85.6 Å². The molecule has 0 saturated carbocycles. The minimum atomic E-state index is -1.91. The van der Waals surface area contributed by atoms with Crippen LogP contribution in [0.1, 0.15) is 0 Å². The molecule has 0 aliphatic carbocycles. The zero-order valence-electron chi connectivity index (χ0n) is 7.47. The fourth-order valence-corrected chi connectivity index (χ4v) is 2.34. The summed E-state index contributed by atoms with van der Waals surface area (Å²) in [6.07, 6.45) is 0. The smallest absolute Gasteiger partial charge is 0.235 e. The van der Waals surface area contributed by atoms with Gasteiger partial charge >= 0.3 is 0 Å². The summed E-state index contributed by atoms with van der Waals surface area (Å²) in [5, 5.41) is 0. The number of nitrogens with zero attached hydrogens (tertiary/aromatic N) is 2. The topological polar surface area (TPSA) is 60.9 Å². The lowest BCUT2D eigenvalue weighted by atomic mass is 10.1. The van der Waals surface area contributed by atoms with Gasteiger partial charge in [-0.15, -0.1) is 0 Å². The fourth-order valence-electron chi connectivity index (χ4n) is 1.81. The molecule has 1 N–H and O–H groups in total. The van der Waals surface area contributed by atoms with E-state index in [9.17, 15) is 9.00 Å². The highest BCUT2D eigenvalue weighted by Gasteiger charge is 2.32. The van der Waals surface area contributed by atoms with Crippen LogP contribution in [0, 0.1) is 0 Å². The van der Waals surface area contributed by atoms with Gasteiger partial charge in [0.2, 0.25) is 19.1 Å². The van der Waals surface area contributed by atoms with Gasteiger partial charge in [0.15, 0.2) is 5.81 Å². The van der Waals surface area contributed by atoms with E-state index < -0.39 is 17.1 Å². The zero-order valence-corrected chi connectivity index (χ0v) is 8.29. The van der Waals surface area contributed by atoms with Crippen molar-refractivity contribution in [1.82, 2.24) is 9.21 Å². The maximum absolute atomic E-state index is 10.8. The van der Waals surface area contributed by atoms with Crippen LogP contribution in [0.25, 0.3) is 0 Å². The Balaban J connectivity index is 2.00. The summed E-state index contributed by atoms with van der Waals surface area (Å²) in [4.78, 5) is 12.4. The minimum Gasteiger partial charge on any atom is -0.344 e. The first-order chi connectivity index (χ1) is 6.58. The van der Waals surface area contributed by atoms with Crippen molar-refractivity contribution in [3.8, 4) is 0 Å². The molecule has 2 aliphatic heterocycles. The SMILES string of the molecule is [B]C(=O)N1CC2=C(C1)CN(S(=O)O)C2. The largest absolute Gasteiger partial charge is 0.344 e. The molecule has 7 heteroatoms. The summed E-state index contributed by atoms with van der Waals surface area (Å²) in [7, 11) is 5.13. The van der Waals surface area contributed by atoms with Gasteiger partial charge in [0.25, 0.3) is 0 Å². The molecule has 2 radical (unpaired) electrons. The zero-order chi connectivity index (χ0) is 10.3. The van der Waals surface area contributed by atoms with E-state index in [1.807, 2.05) is 0 Å². The molecule has 1 amide bonds. The van der Waals surface area contributed by atoms with Crippen molar-refractivity contribution in [2.75, 3.05) is 26.2 Å². The van der Waals surface area contributed by atoms with Crippen LogP contribution in [0.2, 0.25) is 0 Å². The van der Waals surface area contributed by atoms with Gasteiger partial charge in [-0.25, -0.2) is 4.21 Å². The van der Waals surface area contributed by atoms with Gasteiger partial charge in [0, 0.05) is 26.2 Å². The third kappa shape index (κ3) is 1.62. The summed E-state index contributed by atoms with van der Waals surface area (Å²) in [5.74, 6) is -0.434. The average molecular weight is 212 g/mol. The van der Waals surface area contributed by atoms with Crippen LogP contribution in [0.4, 0.5) is 4.79 Å². The van der Waals surface area contributed by atoms with Gasteiger partial charge in [-0.3, -0.25) is 9.35 Å². The van der Waals surface area contributed by atoms with E-state index in [1.54, 1.807) is 0 Å². The molecule has 0 saturated heterocycles. The number of amides is 1. The molecule has 0 aromatic heterocycles. The lowest BCUT2D eigenvalue weighted by molar-refractivity contribution is 0.231. The molecule has 2 rings (SSSR count). The molecule has 0 aromatic carbocycles. The van der Waals surface area contributed by atoms with Gasteiger partial charge in [0.05, 0.1) is 0 Å². The third-order valence-corrected chi connectivity index (χ3v) is 3.23. The van der Waals surface area contributed by atoms with Crippen molar-refractivity contribution in [3.05, 3.63) is 11.1 Å². The van der Waals surface area contributed by atoms with Crippen molar-refractivity contribution in [1.29, 1.82) is 0 Å². The first-order valence-electron chi connectivity index (χ1n) is 4.18. The highest BCUT2D eigenvalue weighted by atomic mass is 32.2. The van der Waals surface area contributed by atoms with E-state index >= 15 is 0 Å². The number of hydrogen-bond acceptors (Lipinski definition) is 2. The predicted molar refractivity (Wildman–Crippen MR) is 52.1 cm³/mol. The molecule has 1 unspecified atom stereocenters. The van der Waals surface area contributed by atoms with Crippen molar-refractivity contribution < 1.29 is 13.6 Å². The van der Waals surface area contributed by atoms with E-state index in [4.69, 9.17) is 12.4 Å². The first-order valence-corrected chi connectivity index (χ1v) is 5.24. The highest BCUT2D eigenvalue weighted by molar-refractivity contribution is 7.76. The standard InChI is InChI=1S/C7H9BN2O3S/c8-7(11)9-1-5-3-10(14(12)13)4-6(5)2-9/h1-4H2,(H,12,13). The molecule has 5 nitrogen and oxygen atoms in total. The Morgan fingerprint density at radius 1 is 1.29 bits per heavy atom. The monoisotopic (exact) mass is 212 g/mol. The van der Waals surface area contributed by atoms with Crippen molar-refractivity contribution in [2.24, 2.45) is 0 Å². The number of carbonyl (C=O) groups excluding carboxylic acids is 1. The van der Waals surface area contributed by atoms with Crippen LogP contribution in [0.3, 0.4) is 0 Å². The van der Waals surface area contributed by atoms with Gasteiger partial charge < -0.3 is 4.90 Å². The predicted octanol–water partition coefficient (Wildman–Crippen LogP) is -0.661. The van der Waals surface area contributed by atoms with Gasteiger partial charge in [-0.1, -0.05) is 0 Å². The summed E-state index contributed by atoms with van der Waals surface area (Å²) in [5.41, 5.74) is 2.09. The molecule has 74 valence electrons. The van der Waals surface area contributed by atoms with Crippen molar-refractivity contribution >= 4 is 24.9 Å². The number of carbonyl (C=O) groups is 1. The lowest BCUT2D eigenvalue weighted by Gasteiger charge is -2.19. The summed E-state index contributed by atoms with van der Waals surface area (Å²) in [6, 6.07) is 0. The Kier molecular flexibility index (Phi) is 2.46. The van der Waals surface area contributed by atoms with Crippen LogP contribution in [0.15, 0.2) is 11.1 Å². The maximum Gasteiger partial charge on any atom is 0.235 e. The fraction of sp³-hybridized carbons (Fsp3) is 0.571. The van der Waals surface area contributed by atoms with Gasteiger partial charge in [-0.2, -0.15) is 4.31 Å². The van der Waals surface area contributed by atoms with Crippen LogP contribution in [-0.4, -0.2) is 57.8 Å². The average Bonchev–Trinajstić information content (AvgIpc) is 2.57. The Hall–Kier alpha value is -0.655. The lowest BCUT2D eigenvalue weighted by Crippen LogP contribution is -2.33. The maximum atomic E-state index is 10.8. The minimum absolute atomic E-state index is 0.434. The van der Waals surface area contributed by atoms with E-state index in [0.29, 0.717) is 26.2 Å². The Bertz CT molecular complexity index is 296. The molecule has 2 aliphatic rings. The van der Waals surface area contributed by atoms with Gasteiger partial charge in [-0.05, 0) is 11.1 Å². The number of hydrogen-bond donors (Lipinski definition) is 1. The molecule has 2 heterocycles.